The first-order chi connectivity index (χ1) is 21.4. The molecule has 0 unspecified atom stereocenters. The van der Waals surface area contributed by atoms with Crippen molar-refractivity contribution in [1.29, 1.82) is 0 Å². The van der Waals surface area contributed by atoms with Gasteiger partial charge in [-0.15, -0.1) is 29.1 Å². The van der Waals surface area contributed by atoms with Crippen molar-refractivity contribution in [2.24, 2.45) is 10.8 Å². The van der Waals surface area contributed by atoms with Gasteiger partial charge in [-0.05, 0) is 68.6 Å². The fourth-order valence-corrected chi connectivity index (χ4v) is 5.94. The van der Waals surface area contributed by atoms with Gasteiger partial charge >= 0.3 is 0 Å². The van der Waals surface area contributed by atoms with Crippen molar-refractivity contribution in [2.45, 2.75) is 107 Å². The number of hydrogen-bond acceptors (Lipinski definition) is 4. The molecule has 4 aromatic rings. The topological polar surface area (TPSA) is 63.1 Å². The summed E-state index contributed by atoms with van der Waals surface area (Å²) in [5.74, 6) is 0.734. The number of ketones is 1. The molecule has 5 heteroatoms. The molecule has 46 heavy (non-hydrogen) atoms. The Bertz CT molecular complexity index is 1700. The largest absolute Gasteiger partial charge is 0.512 e. The van der Waals surface area contributed by atoms with Crippen LogP contribution in [0.2, 0.25) is 0 Å². The molecular formula is C41H51IrN2O2-. The number of fused-ring (bicyclic) bond motifs is 4. The fraction of sp³-hybridized carbons (Fsp3) is 0.439. The Hall–Kier alpha value is -3.14. The number of allylic oxidation sites excluding steroid dienone is 2. The van der Waals surface area contributed by atoms with E-state index in [9.17, 15) is 9.90 Å². The summed E-state index contributed by atoms with van der Waals surface area (Å²) in [6.07, 6.45) is 8.80. The maximum absolute atomic E-state index is 12.2. The third kappa shape index (κ3) is 7.86. The molecule has 0 aliphatic heterocycles. The number of aliphatic hydroxyl groups is 1. The Morgan fingerprint density at radius 1 is 0.935 bits per heavy atom. The second-order valence-electron chi connectivity index (χ2n) is 13.4. The van der Waals surface area contributed by atoms with Gasteiger partial charge in [-0.2, -0.15) is 0 Å². The molecule has 247 valence electrons. The van der Waals surface area contributed by atoms with Crippen molar-refractivity contribution in [1.82, 2.24) is 9.97 Å². The van der Waals surface area contributed by atoms with Gasteiger partial charge in [0.05, 0.1) is 0 Å². The van der Waals surface area contributed by atoms with Crippen LogP contribution < -0.4 is 0 Å². The number of rotatable bonds is 9. The van der Waals surface area contributed by atoms with Gasteiger partial charge in [-0.1, -0.05) is 96.7 Å². The molecule has 2 heterocycles. The minimum Gasteiger partial charge on any atom is -0.512 e. The van der Waals surface area contributed by atoms with Crippen LogP contribution in [-0.4, -0.2) is 20.9 Å². The molecule has 0 atom stereocenters. The minimum atomic E-state index is -0.337. The zero-order valence-electron chi connectivity index (χ0n) is 29.2. The molecule has 4 nitrogen and oxygen atoms in total. The molecule has 1 N–H and O–H groups in total. The van der Waals surface area contributed by atoms with Gasteiger partial charge < -0.3 is 5.11 Å². The molecule has 1 radical (unpaired) electrons. The molecule has 0 amide bonds. The van der Waals surface area contributed by atoms with Crippen LogP contribution in [0, 0.1) is 23.8 Å². The van der Waals surface area contributed by atoms with E-state index in [-0.39, 0.29) is 42.5 Å². The Morgan fingerprint density at radius 2 is 1.59 bits per heavy atom. The van der Waals surface area contributed by atoms with E-state index in [1.165, 1.54) is 39.4 Å². The van der Waals surface area contributed by atoms with Crippen LogP contribution >= 0.6 is 0 Å². The van der Waals surface area contributed by atoms with Crippen LogP contribution in [0.5, 0.6) is 0 Å². The second-order valence-corrected chi connectivity index (χ2v) is 13.4. The Morgan fingerprint density at radius 3 is 2.22 bits per heavy atom. The minimum absolute atomic E-state index is 0. The Kier molecular flexibility index (Phi) is 12.7. The van der Waals surface area contributed by atoms with Gasteiger partial charge in [0, 0.05) is 65.9 Å². The number of nitrogens with zero attached hydrogens (tertiary/aromatic N) is 2. The van der Waals surface area contributed by atoms with E-state index in [0.29, 0.717) is 5.92 Å². The summed E-state index contributed by atoms with van der Waals surface area (Å²) in [6.45, 7) is 18.6. The van der Waals surface area contributed by atoms with E-state index in [4.69, 9.17) is 9.97 Å². The number of hydrogen-bond donors (Lipinski definition) is 1. The number of aryl methyl sites for hydroxylation is 3. The van der Waals surface area contributed by atoms with E-state index in [1.54, 1.807) is 0 Å². The summed E-state index contributed by atoms with van der Waals surface area (Å²) >= 11 is 0. The van der Waals surface area contributed by atoms with Crippen LogP contribution in [-0.2, 0) is 37.7 Å². The van der Waals surface area contributed by atoms with E-state index in [0.717, 1.165) is 60.9 Å². The van der Waals surface area contributed by atoms with E-state index in [1.807, 2.05) is 47.7 Å². The quantitative estimate of drug-likeness (QED) is 0.104. The first kappa shape index (κ1) is 37.3. The van der Waals surface area contributed by atoms with E-state index in [2.05, 4.69) is 75.4 Å². The number of carbonyl (C=O) groups is 1. The average molecular weight is 796 g/mol. The van der Waals surface area contributed by atoms with E-state index >= 15 is 0 Å². The van der Waals surface area contributed by atoms with Crippen LogP contribution in [0.1, 0.15) is 110 Å². The number of pyridine rings is 2. The van der Waals surface area contributed by atoms with Gasteiger partial charge in [0.15, 0.2) is 5.78 Å². The molecule has 5 rings (SSSR count). The molecule has 1 aliphatic rings. The van der Waals surface area contributed by atoms with Crippen LogP contribution in [0.4, 0.5) is 0 Å². The maximum atomic E-state index is 12.2. The Labute approximate surface area is 290 Å². The normalized spacial score (nSPS) is 13.0. The van der Waals surface area contributed by atoms with Crippen molar-refractivity contribution in [2.75, 3.05) is 0 Å². The van der Waals surface area contributed by atoms with Gasteiger partial charge in [0.2, 0.25) is 0 Å². The summed E-state index contributed by atoms with van der Waals surface area (Å²) in [7, 11) is 0. The summed E-state index contributed by atoms with van der Waals surface area (Å²) in [5, 5.41) is 12.6. The third-order valence-electron chi connectivity index (χ3n) is 10.3. The first-order valence-electron chi connectivity index (χ1n) is 16.8. The SMILES string of the molecule is CCC(C)(CC)C(=O)/C=C(\O)C(C)(CC)CC.Cc1ccc2c(n1)CCc1cnc(-c3[c-]c4ccccc4c(C(C)C)c3)cc1-2.[Ir]. The maximum Gasteiger partial charge on any atom is 0.164 e. The van der Waals surface area contributed by atoms with Crippen LogP contribution in [0.15, 0.2) is 66.6 Å². The van der Waals surface area contributed by atoms with Gasteiger partial charge in [-0.3, -0.25) is 14.8 Å². The van der Waals surface area contributed by atoms with Crippen molar-refractivity contribution >= 4 is 16.6 Å². The van der Waals surface area contributed by atoms with Crippen molar-refractivity contribution in [3.8, 4) is 22.4 Å². The fourth-order valence-electron chi connectivity index (χ4n) is 5.94. The first-order valence-corrected chi connectivity index (χ1v) is 16.8. The third-order valence-corrected chi connectivity index (χ3v) is 10.3. The van der Waals surface area contributed by atoms with Crippen molar-refractivity contribution in [3.05, 3.63) is 95.1 Å². The van der Waals surface area contributed by atoms with E-state index < -0.39 is 0 Å². The standard InChI is InChI=1S/C26H23N2.C15H28O2.Ir/c1-16(2)23-13-20(12-18-6-4-5-7-21(18)23)26-14-24-19(15-27-26)9-11-25-22(24)10-8-17(3)28-25;1-7-14(5,8-2)12(16)11-13(17)15(6,9-3)10-4;/h4-8,10,13-16H,9,11H2,1-3H3;11,16H,7-10H2,1-6H3;/q-1;;/b;12-11-;. The molecule has 2 aromatic heterocycles. The smallest absolute Gasteiger partial charge is 0.164 e. The molecular weight excluding hydrogens is 745 g/mol. The van der Waals surface area contributed by atoms with Gasteiger partial charge in [-0.25, -0.2) is 0 Å². The zero-order valence-corrected chi connectivity index (χ0v) is 31.6. The molecule has 1 aliphatic carbocycles. The molecule has 0 fully saturated rings. The summed E-state index contributed by atoms with van der Waals surface area (Å²) < 4.78 is 0. The molecule has 0 saturated heterocycles. The van der Waals surface area contributed by atoms with Crippen molar-refractivity contribution < 1.29 is 30.0 Å². The Balaban J connectivity index is 0.000000280. The zero-order chi connectivity index (χ0) is 32.9. The average Bonchev–Trinajstić information content (AvgIpc) is 3.06. The predicted molar refractivity (Wildman–Crippen MR) is 189 cm³/mol. The van der Waals surface area contributed by atoms with Crippen LogP contribution in [0.25, 0.3) is 33.2 Å². The molecule has 0 spiro atoms. The molecule has 0 saturated carbocycles. The van der Waals surface area contributed by atoms with Gasteiger partial charge in [0.1, 0.15) is 5.76 Å². The van der Waals surface area contributed by atoms with Crippen LogP contribution in [0.3, 0.4) is 0 Å². The number of benzene rings is 2. The second kappa shape index (κ2) is 15.6. The molecule has 0 bridgehead atoms. The molecule has 2 aromatic carbocycles. The van der Waals surface area contributed by atoms with Gasteiger partial charge in [0.25, 0.3) is 0 Å². The summed E-state index contributed by atoms with van der Waals surface area (Å²) in [5.41, 5.74) is 8.92. The number of aromatic nitrogens is 2. The number of carbonyl (C=O) groups excluding carboxylic acids is 1. The summed E-state index contributed by atoms with van der Waals surface area (Å²) in [4.78, 5) is 21.8. The van der Waals surface area contributed by atoms with Crippen molar-refractivity contribution in [3.63, 3.8) is 0 Å². The summed E-state index contributed by atoms with van der Waals surface area (Å²) in [6, 6.07) is 20.9. The monoisotopic (exact) mass is 796 g/mol. The number of aliphatic hydroxyl groups excluding tert-OH is 1. The predicted octanol–water partition coefficient (Wildman–Crippen LogP) is 10.9.